The highest BCUT2D eigenvalue weighted by molar-refractivity contribution is 7.99. The van der Waals surface area contributed by atoms with Gasteiger partial charge in [0.25, 0.3) is 0 Å². The van der Waals surface area contributed by atoms with Crippen molar-refractivity contribution in [3.63, 3.8) is 0 Å². The van der Waals surface area contributed by atoms with E-state index in [1.54, 1.807) is 0 Å². The number of benzene rings is 1. The van der Waals surface area contributed by atoms with Gasteiger partial charge in [-0.1, -0.05) is 45.0 Å². The van der Waals surface area contributed by atoms with Gasteiger partial charge in [0.1, 0.15) is 0 Å². The molecule has 0 bridgehead atoms. The molecule has 112 valence electrons. The van der Waals surface area contributed by atoms with Gasteiger partial charge in [0.15, 0.2) is 0 Å². The zero-order chi connectivity index (χ0) is 15.0. The van der Waals surface area contributed by atoms with Crippen LogP contribution < -0.4 is 5.32 Å². The van der Waals surface area contributed by atoms with Gasteiger partial charge in [-0.15, -0.1) is 11.8 Å². The molecule has 1 atom stereocenters. The Morgan fingerprint density at radius 1 is 1.35 bits per heavy atom. The lowest BCUT2D eigenvalue weighted by Gasteiger charge is -2.16. The molecule has 0 radical (unpaired) electrons. The third kappa shape index (κ3) is 6.02. The molecule has 0 heterocycles. The average molecular weight is 292 g/mol. The van der Waals surface area contributed by atoms with E-state index in [-0.39, 0.29) is 0 Å². The van der Waals surface area contributed by atoms with Gasteiger partial charge in [-0.3, -0.25) is 0 Å². The summed E-state index contributed by atoms with van der Waals surface area (Å²) in [6.07, 6.45) is 1.23. The number of nitrogens with one attached hydrogen (secondary N) is 1. The number of hydrogen-bond acceptors (Lipinski definition) is 3. The Hall–Kier alpha value is -0.930. The summed E-state index contributed by atoms with van der Waals surface area (Å²) in [7, 11) is 4.17. The number of rotatable bonds is 9. The predicted molar refractivity (Wildman–Crippen MR) is 92.2 cm³/mol. The first-order valence-corrected chi connectivity index (χ1v) is 8.32. The highest BCUT2D eigenvalue weighted by Crippen LogP contribution is 2.28. The van der Waals surface area contributed by atoms with Crippen molar-refractivity contribution in [3.05, 3.63) is 36.4 Å². The third-order valence-electron chi connectivity index (χ3n) is 3.33. The van der Waals surface area contributed by atoms with Gasteiger partial charge >= 0.3 is 0 Å². The maximum atomic E-state index is 4.19. The van der Waals surface area contributed by atoms with Gasteiger partial charge in [0.05, 0.1) is 0 Å². The molecule has 1 N–H and O–H groups in total. The molecule has 0 amide bonds. The minimum Gasteiger partial charge on any atom is -0.384 e. The van der Waals surface area contributed by atoms with Gasteiger partial charge < -0.3 is 10.2 Å². The molecule has 0 saturated heterocycles. The lowest BCUT2D eigenvalue weighted by molar-refractivity contribution is 0.411. The Morgan fingerprint density at radius 3 is 2.70 bits per heavy atom. The second-order valence-electron chi connectivity index (χ2n) is 5.53. The predicted octanol–water partition coefficient (Wildman–Crippen LogP) is 3.95. The molecule has 1 aromatic rings. The van der Waals surface area contributed by atoms with E-state index in [1.807, 2.05) is 11.8 Å². The van der Waals surface area contributed by atoms with Crippen molar-refractivity contribution in [2.45, 2.75) is 25.2 Å². The van der Waals surface area contributed by atoms with E-state index in [4.69, 9.17) is 0 Å². The van der Waals surface area contributed by atoms with Gasteiger partial charge in [-0.05, 0) is 26.1 Å². The number of nitrogens with zero attached hydrogens (tertiary/aromatic N) is 1. The van der Waals surface area contributed by atoms with Crippen LogP contribution in [0, 0.1) is 5.92 Å². The summed E-state index contributed by atoms with van der Waals surface area (Å²) in [6.45, 7) is 10.7. The maximum Gasteiger partial charge on any atom is 0.0352 e. The standard InChI is InChI=1S/C17H28N2S/c1-6-14(2)13-20-17-10-8-7-9-16(17)15(3)18-11-12-19(4)5/h7-10,14,18H,3,6,11-13H2,1-2,4-5H3. The molecular weight excluding hydrogens is 264 g/mol. The summed E-state index contributed by atoms with van der Waals surface area (Å²) >= 11 is 1.94. The van der Waals surface area contributed by atoms with E-state index >= 15 is 0 Å². The van der Waals surface area contributed by atoms with Crippen LogP contribution in [0.25, 0.3) is 5.70 Å². The minimum atomic E-state index is 0.753. The Balaban J connectivity index is 2.62. The van der Waals surface area contributed by atoms with E-state index in [2.05, 4.69) is 69.0 Å². The first-order chi connectivity index (χ1) is 9.54. The number of likely N-dealkylation sites (N-methyl/N-ethyl adjacent to an activating group) is 1. The van der Waals surface area contributed by atoms with Crippen molar-refractivity contribution in [2.75, 3.05) is 32.9 Å². The fraction of sp³-hybridized carbons (Fsp3) is 0.529. The Labute approximate surface area is 128 Å². The minimum absolute atomic E-state index is 0.753. The van der Waals surface area contributed by atoms with Gasteiger partial charge in [-0.2, -0.15) is 0 Å². The lowest BCUT2D eigenvalue weighted by Crippen LogP contribution is -2.25. The summed E-state index contributed by atoms with van der Waals surface area (Å²) in [5, 5.41) is 3.42. The molecule has 1 rings (SSSR count). The molecule has 0 aliphatic carbocycles. The Morgan fingerprint density at radius 2 is 2.05 bits per heavy atom. The molecule has 20 heavy (non-hydrogen) atoms. The largest absolute Gasteiger partial charge is 0.384 e. The quantitative estimate of drug-likeness (QED) is 0.694. The lowest BCUT2D eigenvalue weighted by atomic mass is 10.1. The van der Waals surface area contributed by atoms with E-state index in [0.717, 1.165) is 24.7 Å². The summed E-state index contributed by atoms with van der Waals surface area (Å²) in [6, 6.07) is 8.54. The van der Waals surface area contributed by atoms with Crippen molar-refractivity contribution >= 4 is 17.5 Å². The molecule has 0 aliphatic heterocycles. The van der Waals surface area contributed by atoms with Crippen LogP contribution in [0.2, 0.25) is 0 Å². The highest BCUT2D eigenvalue weighted by Gasteiger charge is 2.07. The molecule has 0 fully saturated rings. The fourth-order valence-corrected chi connectivity index (χ4v) is 2.94. The van der Waals surface area contributed by atoms with Gasteiger partial charge in [0.2, 0.25) is 0 Å². The van der Waals surface area contributed by atoms with Crippen LogP contribution in [-0.2, 0) is 0 Å². The Kier molecular flexibility index (Phi) is 7.78. The monoisotopic (exact) mass is 292 g/mol. The Bertz CT molecular complexity index is 415. The molecule has 0 aromatic heterocycles. The first kappa shape index (κ1) is 17.1. The molecule has 3 heteroatoms. The topological polar surface area (TPSA) is 15.3 Å². The highest BCUT2D eigenvalue weighted by atomic mass is 32.2. The van der Waals surface area contributed by atoms with E-state index < -0.39 is 0 Å². The average Bonchev–Trinajstić information content (AvgIpc) is 2.44. The molecule has 0 saturated carbocycles. The van der Waals surface area contributed by atoms with Crippen molar-refractivity contribution < 1.29 is 0 Å². The summed E-state index contributed by atoms with van der Waals surface area (Å²) in [5.41, 5.74) is 2.26. The van der Waals surface area contributed by atoms with Crippen molar-refractivity contribution in [2.24, 2.45) is 5.92 Å². The molecule has 0 spiro atoms. The van der Waals surface area contributed by atoms with Gasteiger partial charge in [-0.25, -0.2) is 0 Å². The fourth-order valence-electron chi connectivity index (χ4n) is 1.72. The molecular formula is C17H28N2S. The van der Waals surface area contributed by atoms with Gasteiger partial charge in [0, 0.05) is 35.0 Å². The SMILES string of the molecule is C=C(NCCN(C)C)c1ccccc1SCC(C)CC. The normalized spacial score (nSPS) is 12.4. The molecule has 0 aliphatic rings. The number of thioether (sulfide) groups is 1. The van der Waals surface area contributed by atoms with Crippen LogP contribution in [0.15, 0.2) is 35.7 Å². The third-order valence-corrected chi connectivity index (χ3v) is 4.73. The summed E-state index contributed by atoms with van der Waals surface area (Å²) in [4.78, 5) is 3.50. The van der Waals surface area contributed by atoms with Crippen LogP contribution in [0.3, 0.4) is 0 Å². The van der Waals surface area contributed by atoms with Crippen LogP contribution >= 0.6 is 11.8 Å². The van der Waals surface area contributed by atoms with Crippen LogP contribution in [0.4, 0.5) is 0 Å². The molecule has 1 unspecified atom stereocenters. The van der Waals surface area contributed by atoms with Crippen LogP contribution in [0.1, 0.15) is 25.8 Å². The second kappa shape index (κ2) is 9.09. The zero-order valence-corrected chi connectivity index (χ0v) is 14.1. The van der Waals surface area contributed by atoms with E-state index in [0.29, 0.717) is 0 Å². The van der Waals surface area contributed by atoms with E-state index in [1.165, 1.54) is 22.6 Å². The van der Waals surface area contributed by atoms with Crippen LogP contribution in [0.5, 0.6) is 0 Å². The summed E-state index contributed by atoms with van der Waals surface area (Å²) < 4.78 is 0. The maximum absolute atomic E-state index is 4.19. The second-order valence-corrected chi connectivity index (χ2v) is 6.59. The van der Waals surface area contributed by atoms with Crippen molar-refractivity contribution in [1.29, 1.82) is 0 Å². The first-order valence-electron chi connectivity index (χ1n) is 7.34. The van der Waals surface area contributed by atoms with E-state index in [9.17, 15) is 0 Å². The smallest absolute Gasteiger partial charge is 0.0352 e. The van der Waals surface area contributed by atoms with Crippen molar-refractivity contribution in [1.82, 2.24) is 10.2 Å². The number of hydrogen-bond donors (Lipinski definition) is 1. The summed E-state index contributed by atoms with van der Waals surface area (Å²) in [5.74, 6) is 1.92. The van der Waals surface area contributed by atoms with Crippen LogP contribution in [-0.4, -0.2) is 37.8 Å². The van der Waals surface area contributed by atoms with Crippen molar-refractivity contribution in [3.8, 4) is 0 Å². The molecule has 1 aromatic carbocycles. The molecule has 2 nitrogen and oxygen atoms in total. The zero-order valence-electron chi connectivity index (χ0n) is 13.3.